The maximum absolute atomic E-state index is 11.9. The molecule has 0 spiro atoms. The van der Waals surface area contributed by atoms with Crippen molar-refractivity contribution in [2.24, 2.45) is 5.73 Å². The number of hydrogen-bond acceptors (Lipinski definition) is 6. The Bertz CT molecular complexity index is 449. The molecule has 2 atom stereocenters. The van der Waals surface area contributed by atoms with Crippen molar-refractivity contribution in [1.29, 1.82) is 0 Å². The Morgan fingerprint density at radius 2 is 1.77 bits per heavy atom. The summed E-state index contributed by atoms with van der Waals surface area (Å²) < 4.78 is -0.951. The minimum absolute atomic E-state index is 0.0857. The van der Waals surface area contributed by atoms with E-state index in [1.165, 1.54) is 0 Å². The van der Waals surface area contributed by atoms with Crippen molar-refractivity contribution in [1.82, 2.24) is 10.6 Å². The van der Waals surface area contributed by atoms with Gasteiger partial charge in [-0.1, -0.05) is 0 Å². The van der Waals surface area contributed by atoms with Crippen LogP contribution >= 0.6 is 12.6 Å². The third-order valence-corrected chi connectivity index (χ3v) is 2.95. The van der Waals surface area contributed by atoms with E-state index < -0.39 is 47.1 Å². The van der Waals surface area contributed by atoms with Crippen LogP contribution in [0.15, 0.2) is 0 Å². The van der Waals surface area contributed by atoms with E-state index in [-0.39, 0.29) is 12.8 Å². The van der Waals surface area contributed by atoms with Crippen molar-refractivity contribution in [3.8, 4) is 0 Å². The van der Waals surface area contributed by atoms with E-state index in [1.54, 1.807) is 13.8 Å². The van der Waals surface area contributed by atoms with E-state index in [2.05, 4.69) is 23.3 Å². The normalized spacial score (nSPS) is 13.8. The molecule has 0 aliphatic rings. The number of aliphatic carboxylic acids is 2. The van der Waals surface area contributed by atoms with Gasteiger partial charge in [0.2, 0.25) is 11.8 Å². The van der Waals surface area contributed by atoms with Gasteiger partial charge in [-0.2, -0.15) is 12.6 Å². The van der Waals surface area contributed by atoms with Gasteiger partial charge in [-0.05, 0) is 20.3 Å². The van der Waals surface area contributed by atoms with Crippen LogP contribution in [-0.4, -0.2) is 57.3 Å². The van der Waals surface area contributed by atoms with Crippen LogP contribution in [0.2, 0.25) is 0 Å². The molecule has 0 aromatic carbocycles. The molecule has 22 heavy (non-hydrogen) atoms. The van der Waals surface area contributed by atoms with Crippen molar-refractivity contribution >= 4 is 36.4 Å². The van der Waals surface area contributed by atoms with E-state index in [9.17, 15) is 19.2 Å². The molecule has 0 bridgehead atoms. The Labute approximate surface area is 133 Å². The Morgan fingerprint density at radius 3 is 2.18 bits per heavy atom. The number of nitrogens with one attached hydrogen (secondary N) is 2. The summed E-state index contributed by atoms with van der Waals surface area (Å²) in [7, 11) is 0. The zero-order valence-corrected chi connectivity index (χ0v) is 13.2. The molecule has 10 heteroatoms. The number of rotatable bonds is 9. The van der Waals surface area contributed by atoms with Crippen LogP contribution in [-0.2, 0) is 19.2 Å². The topological polar surface area (TPSA) is 159 Å². The van der Waals surface area contributed by atoms with Gasteiger partial charge < -0.3 is 26.6 Å². The van der Waals surface area contributed by atoms with Gasteiger partial charge in [-0.3, -0.25) is 19.2 Å². The Balaban J connectivity index is 4.66. The van der Waals surface area contributed by atoms with E-state index in [1.807, 2.05) is 0 Å². The molecular formula is C12H21N3O6S. The number of amides is 2. The summed E-state index contributed by atoms with van der Waals surface area (Å²) in [6.45, 7) is 2.56. The van der Waals surface area contributed by atoms with Gasteiger partial charge in [0.05, 0.1) is 0 Å². The second-order valence-corrected chi connectivity index (χ2v) is 6.40. The van der Waals surface area contributed by atoms with Crippen molar-refractivity contribution < 1.29 is 29.4 Å². The molecule has 0 aliphatic carbocycles. The van der Waals surface area contributed by atoms with E-state index >= 15 is 0 Å². The summed E-state index contributed by atoms with van der Waals surface area (Å²) in [5.41, 5.74) is 5.28. The van der Waals surface area contributed by atoms with Crippen molar-refractivity contribution in [2.75, 3.05) is 6.54 Å². The van der Waals surface area contributed by atoms with Crippen LogP contribution < -0.4 is 16.4 Å². The fraction of sp³-hybridized carbons (Fsp3) is 0.667. The zero-order chi connectivity index (χ0) is 17.5. The first-order valence-corrected chi connectivity index (χ1v) is 6.89. The molecule has 2 unspecified atom stereocenters. The van der Waals surface area contributed by atoms with Gasteiger partial charge in [0.1, 0.15) is 18.6 Å². The van der Waals surface area contributed by atoms with E-state index in [0.29, 0.717) is 0 Å². The monoisotopic (exact) mass is 335 g/mol. The standard InChI is InChI=1S/C12H21N3O6S/c1-12(2,22)9(10(19)14-5-8(17)18)15-7(16)4-3-6(13)11(20)21/h6,9,22H,3-5,13H2,1-2H3,(H,14,19)(H,15,16)(H,17,18)(H,20,21). The SMILES string of the molecule is CC(C)(S)C(NC(=O)CCC(N)C(=O)O)C(=O)NCC(=O)O. The number of carbonyl (C=O) groups is 4. The Morgan fingerprint density at radius 1 is 1.23 bits per heavy atom. The summed E-state index contributed by atoms with van der Waals surface area (Å²) in [5.74, 6) is -3.71. The van der Waals surface area contributed by atoms with Crippen molar-refractivity contribution in [3.05, 3.63) is 0 Å². The lowest BCUT2D eigenvalue weighted by molar-refractivity contribution is -0.139. The predicted molar refractivity (Wildman–Crippen MR) is 80.5 cm³/mol. The van der Waals surface area contributed by atoms with E-state index in [0.717, 1.165) is 0 Å². The summed E-state index contributed by atoms with van der Waals surface area (Å²) in [6, 6.07) is -2.25. The third-order valence-electron chi connectivity index (χ3n) is 2.69. The Hall–Kier alpha value is -1.81. The molecule has 2 amide bonds. The molecule has 0 radical (unpaired) electrons. The van der Waals surface area contributed by atoms with Gasteiger partial charge in [-0.25, -0.2) is 0 Å². The smallest absolute Gasteiger partial charge is 0.322 e. The molecular weight excluding hydrogens is 314 g/mol. The largest absolute Gasteiger partial charge is 0.480 e. The van der Waals surface area contributed by atoms with Gasteiger partial charge in [0.25, 0.3) is 0 Å². The molecule has 0 rings (SSSR count). The van der Waals surface area contributed by atoms with Crippen LogP contribution in [0.25, 0.3) is 0 Å². The van der Waals surface area contributed by atoms with Crippen LogP contribution in [0, 0.1) is 0 Å². The maximum Gasteiger partial charge on any atom is 0.322 e. The second-order valence-electron chi connectivity index (χ2n) is 5.25. The summed E-state index contributed by atoms with van der Waals surface area (Å²) in [4.78, 5) is 44.7. The van der Waals surface area contributed by atoms with Crippen LogP contribution in [0.4, 0.5) is 0 Å². The van der Waals surface area contributed by atoms with Crippen molar-refractivity contribution in [2.45, 2.75) is 43.5 Å². The number of carboxylic acid groups (broad SMARTS) is 2. The highest BCUT2D eigenvalue weighted by molar-refractivity contribution is 7.81. The summed E-state index contributed by atoms with van der Waals surface area (Å²) >= 11 is 4.21. The minimum atomic E-state index is -1.22. The second kappa shape index (κ2) is 8.59. The predicted octanol–water partition coefficient (Wildman–Crippen LogP) is -1.43. The van der Waals surface area contributed by atoms with Crippen molar-refractivity contribution in [3.63, 3.8) is 0 Å². The lowest BCUT2D eigenvalue weighted by Gasteiger charge is -2.29. The third kappa shape index (κ3) is 7.84. The molecule has 0 aromatic rings. The van der Waals surface area contributed by atoms with Gasteiger partial charge >= 0.3 is 11.9 Å². The lowest BCUT2D eigenvalue weighted by atomic mass is 10.0. The van der Waals surface area contributed by atoms with Gasteiger partial charge in [0.15, 0.2) is 0 Å². The van der Waals surface area contributed by atoms with Gasteiger partial charge in [-0.15, -0.1) is 0 Å². The number of thiol groups is 1. The quantitative estimate of drug-likeness (QED) is 0.282. The molecule has 6 N–H and O–H groups in total. The maximum atomic E-state index is 11.9. The molecule has 126 valence electrons. The van der Waals surface area contributed by atoms with Crippen LogP contribution in [0.5, 0.6) is 0 Å². The lowest BCUT2D eigenvalue weighted by Crippen LogP contribution is -2.56. The molecule has 0 saturated carbocycles. The molecule has 0 aliphatic heterocycles. The number of hydrogen-bond donors (Lipinski definition) is 6. The first kappa shape index (κ1) is 20.2. The molecule has 0 aromatic heterocycles. The molecule has 0 saturated heterocycles. The highest BCUT2D eigenvalue weighted by Crippen LogP contribution is 2.18. The number of carbonyl (C=O) groups excluding carboxylic acids is 2. The summed E-state index contributed by atoms with van der Waals surface area (Å²) in [6.07, 6.45) is -0.266. The number of carboxylic acids is 2. The zero-order valence-electron chi connectivity index (χ0n) is 12.3. The average molecular weight is 335 g/mol. The first-order valence-electron chi connectivity index (χ1n) is 6.44. The highest BCUT2D eigenvalue weighted by atomic mass is 32.1. The fourth-order valence-electron chi connectivity index (χ4n) is 1.47. The fourth-order valence-corrected chi connectivity index (χ4v) is 1.65. The van der Waals surface area contributed by atoms with Gasteiger partial charge in [0, 0.05) is 11.2 Å². The molecule has 0 fully saturated rings. The Kier molecular flexibility index (Phi) is 7.88. The minimum Gasteiger partial charge on any atom is -0.480 e. The first-order chi connectivity index (χ1) is 9.95. The average Bonchev–Trinajstić information content (AvgIpc) is 2.37. The molecule has 0 heterocycles. The number of nitrogens with two attached hydrogens (primary N) is 1. The summed E-state index contributed by atoms with van der Waals surface area (Å²) in [5, 5.41) is 21.7. The van der Waals surface area contributed by atoms with Crippen LogP contribution in [0.1, 0.15) is 26.7 Å². The molecule has 9 nitrogen and oxygen atoms in total. The highest BCUT2D eigenvalue weighted by Gasteiger charge is 2.33. The van der Waals surface area contributed by atoms with E-state index in [4.69, 9.17) is 15.9 Å². The van der Waals surface area contributed by atoms with Crippen LogP contribution in [0.3, 0.4) is 0 Å².